The highest BCUT2D eigenvalue weighted by Gasteiger charge is 2.47. The van der Waals surface area contributed by atoms with E-state index in [2.05, 4.69) is 19.2 Å². The van der Waals surface area contributed by atoms with Gasteiger partial charge in [0.25, 0.3) is 0 Å². The molecule has 4 nitrogen and oxygen atoms in total. The molecule has 1 N–H and O–H groups in total. The van der Waals surface area contributed by atoms with Gasteiger partial charge in [-0.25, -0.2) is 4.79 Å². The quantitative estimate of drug-likeness (QED) is 0.867. The van der Waals surface area contributed by atoms with Crippen molar-refractivity contribution in [2.75, 3.05) is 6.54 Å². The number of piperidine rings is 1. The Morgan fingerprint density at radius 1 is 1.23 bits per heavy atom. The van der Waals surface area contributed by atoms with Gasteiger partial charge >= 0.3 is 6.09 Å². The highest BCUT2D eigenvalue weighted by molar-refractivity contribution is 5.69. The number of nitrogens with one attached hydrogen (secondary N) is 1. The van der Waals surface area contributed by atoms with Crippen molar-refractivity contribution in [3.63, 3.8) is 0 Å². The van der Waals surface area contributed by atoms with Gasteiger partial charge in [-0.15, -0.1) is 0 Å². The lowest BCUT2D eigenvalue weighted by Crippen LogP contribution is -2.52. The smallest absolute Gasteiger partial charge is 0.410 e. The summed E-state index contributed by atoms with van der Waals surface area (Å²) in [6.07, 6.45) is 5.69. The monoisotopic (exact) mass is 308 g/mol. The number of hydrogen-bond acceptors (Lipinski definition) is 3. The van der Waals surface area contributed by atoms with Crippen LogP contribution < -0.4 is 5.32 Å². The van der Waals surface area contributed by atoms with Crippen LogP contribution in [0.2, 0.25) is 0 Å². The van der Waals surface area contributed by atoms with E-state index < -0.39 is 5.60 Å². The van der Waals surface area contributed by atoms with Crippen molar-refractivity contribution in [2.24, 2.45) is 11.3 Å². The molecule has 2 saturated heterocycles. The molecule has 1 saturated carbocycles. The van der Waals surface area contributed by atoms with Gasteiger partial charge in [-0.05, 0) is 70.8 Å². The summed E-state index contributed by atoms with van der Waals surface area (Å²) in [5.41, 5.74) is 0.145. The Hall–Kier alpha value is -0.770. The van der Waals surface area contributed by atoms with Crippen LogP contribution in [0.3, 0.4) is 0 Å². The third kappa shape index (κ3) is 3.42. The molecule has 0 spiro atoms. The van der Waals surface area contributed by atoms with E-state index in [9.17, 15) is 4.79 Å². The van der Waals surface area contributed by atoms with Crippen molar-refractivity contribution in [3.05, 3.63) is 0 Å². The van der Waals surface area contributed by atoms with Crippen molar-refractivity contribution in [1.82, 2.24) is 10.2 Å². The molecule has 4 heteroatoms. The molecule has 1 aliphatic carbocycles. The third-order valence-corrected chi connectivity index (χ3v) is 5.71. The fourth-order valence-electron chi connectivity index (χ4n) is 4.19. The summed E-state index contributed by atoms with van der Waals surface area (Å²) >= 11 is 0. The molecular formula is C18H32N2O2. The van der Waals surface area contributed by atoms with Gasteiger partial charge in [-0.1, -0.05) is 13.8 Å². The molecule has 22 heavy (non-hydrogen) atoms. The zero-order valence-electron chi connectivity index (χ0n) is 14.8. The number of hydrogen-bond donors (Lipinski definition) is 1. The van der Waals surface area contributed by atoms with Gasteiger partial charge in [0, 0.05) is 18.1 Å². The number of carbonyl (C=O) groups is 1. The van der Waals surface area contributed by atoms with Gasteiger partial charge < -0.3 is 15.0 Å². The highest BCUT2D eigenvalue weighted by Crippen LogP contribution is 2.51. The van der Waals surface area contributed by atoms with Gasteiger partial charge in [0.2, 0.25) is 0 Å². The Morgan fingerprint density at radius 2 is 1.77 bits per heavy atom. The first-order chi connectivity index (χ1) is 10.2. The summed E-state index contributed by atoms with van der Waals surface area (Å²) in [6, 6.07) is 1.32. The first kappa shape index (κ1) is 16.1. The molecule has 2 heterocycles. The predicted molar refractivity (Wildman–Crippen MR) is 87.8 cm³/mol. The number of amides is 1. The number of nitrogens with zero attached hydrogens (tertiary/aromatic N) is 1. The van der Waals surface area contributed by atoms with Crippen LogP contribution in [-0.4, -0.2) is 41.3 Å². The lowest BCUT2D eigenvalue weighted by molar-refractivity contribution is 0.00469. The second-order valence-electron chi connectivity index (χ2n) is 9.24. The number of carbonyl (C=O) groups excluding carboxylic acids is 1. The van der Waals surface area contributed by atoms with Gasteiger partial charge in [0.15, 0.2) is 0 Å². The second kappa shape index (κ2) is 5.40. The molecule has 2 bridgehead atoms. The zero-order chi connectivity index (χ0) is 16.1. The van der Waals surface area contributed by atoms with Crippen LogP contribution in [0.1, 0.15) is 66.7 Å². The number of rotatable bonds is 3. The minimum atomic E-state index is -0.400. The third-order valence-electron chi connectivity index (χ3n) is 5.71. The molecule has 126 valence electrons. The van der Waals surface area contributed by atoms with Crippen LogP contribution in [-0.2, 0) is 4.74 Å². The summed E-state index contributed by atoms with van der Waals surface area (Å²) in [5.74, 6) is 0.842. The maximum absolute atomic E-state index is 12.4. The van der Waals surface area contributed by atoms with E-state index in [4.69, 9.17) is 4.74 Å². The van der Waals surface area contributed by atoms with Gasteiger partial charge in [-0.3, -0.25) is 0 Å². The average Bonchev–Trinajstić information content (AvgIpc) is 2.88. The van der Waals surface area contributed by atoms with E-state index in [0.29, 0.717) is 23.5 Å². The number of fused-ring (bicyclic) bond motifs is 2. The fraction of sp³-hybridized carbons (Fsp3) is 0.944. The molecule has 0 aromatic heterocycles. The summed E-state index contributed by atoms with van der Waals surface area (Å²) in [4.78, 5) is 14.5. The molecule has 0 aromatic carbocycles. The summed E-state index contributed by atoms with van der Waals surface area (Å²) in [5, 5.41) is 3.77. The Balaban J connectivity index is 1.52. The first-order valence-electron chi connectivity index (χ1n) is 8.90. The van der Waals surface area contributed by atoms with Crippen molar-refractivity contribution < 1.29 is 9.53 Å². The van der Waals surface area contributed by atoms with Crippen molar-refractivity contribution in [3.8, 4) is 0 Å². The Bertz CT molecular complexity index is 427. The normalized spacial score (nSPS) is 36.3. The molecule has 3 atom stereocenters. The zero-order valence-corrected chi connectivity index (χ0v) is 14.8. The van der Waals surface area contributed by atoms with Crippen molar-refractivity contribution in [2.45, 2.75) is 90.4 Å². The van der Waals surface area contributed by atoms with E-state index in [1.807, 2.05) is 25.7 Å². The summed E-state index contributed by atoms with van der Waals surface area (Å²) in [7, 11) is 0. The number of ether oxygens (including phenoxy) is 1. The second-order valence-corrected chi connectivity index (χ2v) is 9.24. The maximum atomic E-state index is 12.4. The van der Waals surface area contributed by atoms with Gasteiger partial charge in [0.1, 0.15) is 5.60 Å². The molecule has 2 aliphatic heterocycles. The first-order valence-corrected chi connectivity index (χ1v) is 8.90. The molecule has 3 rings (SSSR count). The molecule has 0 aromatic rings. The highest BCUT2D eigenvalue weighted by atomic mass is 16.6. The minimum absolute atomic E-state index is 0.109. The fourth-order valence-corrected chi connectivity index (χ4v) is 4.19. The standard InChI is InChI=1S/C18H32N2O2/c1-17(2,3)22-16(21)20-14-6-7-15(20)9-13(8-14)19-11-12-10-18(12,4)5/h12-15,19H,6-11H2,1-5H3. The van der Waals surface area contributed by atoms with E-state index in [1.165, 1.54) is 6.42 Å². The SMILES string of the molecule is CC(C)(C)OC(=O)N1C2CCC1CC(NCC1CC1(C)C)C2. The Labute approximate surface area is 135 Å². The minimum Gasteiger partial charge on any atom is -0.444 e. The van der Waals surface area contributed by atoms with Gasteiger partial charge in [0.05, 0.1) is 0 Å². The lowest BCUT2D eigenvalue weighted by atomic mass is 9.97. The van der Waals surface area contributed by atoms with E-state index in [-0.39, 0.29) is 6.09 Å². The molecule has 3 unspecified atom stereocenters. The topological polar surface area (TPSA) is 41.6 Å². The molecular weight excluding hydrogens is 276 g/mol. The Morgan fingerprint density at radius 3 is 2.23 bits per heavy atom. The lowest BCUT2D eigenvalue weighted by Gasteiger charge is -2.39. The average molecular weight is 308 g/mol. The largest absolute Gasteiger partial charge is 0.444 e. The van der Waals surface area contributed by atoms with E-state index in [0.717, 1.165) is 38.1 Å². The van der Waals surface area contributed by atoms with Crippen LogP contribution in [0.25, 0.3) is 0 Å². The summed E-state index contributed by atoms with van der Waals surface area (Å²) < 4.78 is 5.60. The molecule has 3 fully saturated rings. The van der Waals surface area contributed by atoms with Crippen LogP contribution in [0, 0.1) is 11.3 Å². The molecule has 1 amide bonds. The van der Waals surface area contributed by atoms with Crippen LogP contribution in [0.5, 0.6) is 0 Å². The molecule has 3 aliphatic rings. The van der Waals surface area contributed by atoms with Crippen LogP contribution in [0.15, 0.2) is 0 Å². The summed E-state index contributed by atoms with van der Waals surface area (Å²) in [6.45, 7) is 11.7. The van der Waals surface area contributed by atoms with Crippen molar-refractivity contribution >= 4 is 6.09 Å². The van der Waals surface area contributed by atoms with E-state index >= 15 is 0 Å². The maximum Gasteiger partial charge on any atom is 0.410 e. The van der Waals surface area contributed by atoms with Gasteiger partial charge in [-0.2, -0.15) is 0 Å². The van der Waals surface area contributed by atoms with Crippen LogP contribution in [0.4, 0.5) is 4.79 Å². The van der Waals surface area contributed by atoms with Crippen molar-refractivity contribution in [1.29, 1.82) is 0 Å². The molecule has 0 radical (unpaired) electrons. The predicted octanol–water partition coefficient (Wildman–Crippen LogP) is 3.55. The van der Waals surface area contributed by atoms with Crippen LogP contribution >= 0.6 is 0 Å². The Kier molecular flexibility index (Phi) is 3.95. The van der Waals surface area contributed by atoms with E-state index in [1.54, 1.807) is 0 Å².